The normalized spacial score (nSPS) is 10.8. The van der Waals surface area contributed by atoms with Crippen molar-refractivity contribution in [1.82, 2.24) is 0 Å². The van der Waals surface area contributed by atoms with Gasteiger partial charge in [0.1, 0.15) is 11.1 Å². The van der Waals surface area contributed by atoms with Gasteiger partial charge in [0.2, 0.25) is 0 Å². The SMILES string of the molecule is CCOc1cc(-c2ccc(O)c(OC)c2)[o+]c2cc(C)c(C)cc12. The van der Waals surface area contributed by atoms with Crippen LogP contribution in [0.25, 0.3) is 22.3 Å². The van der Waals surface area contributed by atoms with Crippen molar-refractivity contribution >= 4 is 11.0 Å². The van der Waals surface area contributed by atoms with Gasteiger partial charge < -0.3 is 14.6 Å². The predicted octanol–water partition coefficient (Wildman–Crippen LogP) is 5.11. The maximum absolute atomic E-state index is 9.78. The van der Waals surface area contributed by atoms with Crippen LogP contribution in [0.1, 0.15) is 18.1 Å². The summed E-state index contributed by atoms with van der Waals surface area (Å²) in [6.45, 7) is 6.66. The third-order valence-corrected chi connectivity index (χ3v) is 4.11. The molecule has 4 nitrogen and oxygen atoms in total. The van der Waals surface area contributed by atoms with E-state index < -0.39 is 0 Å². The van der Waals surface area contributed by atoms with Crippen molar-refractivity contribution in [3.63, 3.8) is 0 Å². The molecule has 0 radical (unpaired) electrons. The number of fused-ring (bicyclic) bond motifs is 1. The highest BCUT2D eigenvalue weighted by atomic mass is 16.5. The van der Waals surface area contributed by atoms with Crippen LogP contribution >= 0.6 is 0 Å². The molecule has 0 aliphatic carbocycles. The second-order valence-corrected chi connectivity index (χ2v) is 5.73. The first-order chi connectivity index (χ1) is 11.5. The summed E-state index contributed by atoms with van der Waals surface area (Å²) in [7, 11) is 1.52. The number of phenolic OH excluding ortho intramolecular Hbond substituents is 1. The summed E-state index contributed by atoms with van der Waals surface area (Å²) in [6.07, 6.45) is 0. The van der Waals surface area contributed by atoms with Gasteiger partial charge >= 0.3 is 11.3 Å². The molecule has 0 saturated carbocycles. The van der Waals surface area contributed by atoms with Gasteiger partial charge in [0, 0.05) is 12.1 Å². The van der Waals surface area contributed by atoms with Crippen LogP contribution in [0.15, 0.2) is 40.8 Å². The molecule has 0 saturated heterocycles. The Balaban J connectivity index is 2.23. The average Bonchev–Trinajstić information content (AvgIpc) is 2.57. The van der Waals surface area contributed by atoms with Crippen LogP contribution in [-0.2, 0) is 0 Å². The van der Waals surface area contributed by atoms with Crippen LogP contribution in [-0.4, -0.2) is 18.8 Å². The van der Waals surface area contributed by atoms with Gasteiger partial charge in [-0.2, -0.15) is 0 Å². The Morgan fingerprint density at radius 2 is 1.75 bits per heavy atom. The van der Waals surface area contributed by atoms with Crippen molar-refractivity contribution in [2.45, 2.75) is 20.8 Å². The Kier molecular flexibility index (Phi) is 4.30. The number of hydrogen-bond acceptors (Lipinski definition) is 3. The second kappa shape index (κ2) is 6.40. The lowest BCUT2D eigenvalue weighted by molar-refractivity contribution is 0.342. The fourth-order valence-electron chi connectivity index (χ4n) is 2.66. The van der Waals surface area contributed by atoms with E-state index in [0.29, 0.717) is 18.1 Å². The number of aryl methyl sites for hydroxylation is 2. The first-order valence-corrected chi connectivity index (χ1v) is 7.91. The van der Waals surface area contributed by atoms with Gasteiger partial charge in [-0.3, -0.25) is 0 Å². The molecule has 1 aromatic heterocycles. The number of methoxy groups -OCH3 is 1. The maximum Gasteiger partial charge on any atom is 0.364 e. The molecule has 0 atom stereocenters. The lowest BCUT2D eigenvalue weighted by Crippen LogP contribution is -1.95. The molecule has 1 heterocycles. The van der Waals surface area contributed by atoms with Crippen LogP contribution < -0.4 is 9.47 Å². The average molecular weight is 325 g/mol. The monoisotopic (exact) mass is 325 g/mol. The van der Waals surface area contributed by atoms with Gasteiger partial charge in [-0.15, -0.1) is 0 Å². The van der Waals surface area contributed by atoms with Crippen molar-refractivity contribution in [1.29, 1.82) is 0 Å². The summed E-state index contributed by atoms with van der Waals surface area (Å²) in [5.74, 6) is 1.94. The molecule has 2 aromatic carbocycles. The first kappa shape index (κ1) is 16.1. The van der Waals surface area contributed by atoms with E-state index in [1.807, 2.05) is 19.1 Å². The zero-order valence-corrected chi connectivity index (χ0v) is 14.3. The van der Waals surface area contributed by atoms with E-state index in [4.69, 9.17) is 13.9 Å². The lowest BCUT2D eigenvalue weighted by Gasteiger charge is -2.07. The molecular weight excluding hydrogens is 304 g/mol. The van der Waals surface area contributed by atoms with Crippen molar-refractivity contribution in [2.24, 2.45) is 0 Å². The van der Waals surface area contributed by atoms with Crippen LogP contribution in [0.5, 0.6) is 17.2 Å². The van der Waals surface area contributed by atoms with E-state index >= 15 is 0 Å². The van der Waals surface area contributed by atoms with Crippen molar-refractivity contribution in [2.75, 3.05) is 13.7 Å². The molecule has 0 amide bonds. The van der Waals surface area contributed by atoms with E-state index in [-0.39, 0.29) is 5.75 Å². The molecule has 3 aromatic rings. The maximum atomic E-state index is 9.78. The number of benzene rings is 2. The molecule has 3 rings (SSSR count). The van der Waals surface area contributed by atoms with Gasteiger partial charge in [0.25, 0.3) is 0 Å². The topological polar surface area (TPSA) is 50.0 Å². The Labute approximate surface area is 141 Å². The summed E-state index contributed by atoms with van der Waals surface area (Å²) in [5.41, 5.74) is 3.93. The van der Waals surface area contributed by atoms with Crippen LogP contribution in [0.3, 0.4) is 0 Å². The van der Waals surface area contributed by atoms with E-state index in [1.54, 1.807) is 18.2 Å². The fourth-order valence-corrected chi connectivity index (χ4v) is 2.66. The summed E-state index contributed by atoms with van der Waals surface area (Å²) >= 11 is 0. The van der Waals surface area contributed by atoms with Gasteiger partial charge in [0.15, 0.2) is 11.5 Å². The molecule has 124 valence electrons. The standard InChI is InChI=1S/C20H20O4/c1-5-23-18-11-17(14-6-7-16(21)20(10-14)22-4)24-19-9-13(3)12(2)8-15(18)19/h6-11H,5H2,1-4H3/p+1. The number of rotatable bonds is 4. The molecule has 0 aliphatic rings. The van der Waals surface area contributed by atoms with Gasteiger partial charge in [0.05, 0.1) is 25.3 Å². The third kappa shape index (κ3) is 2.87. The summed E-state index contributed by atoms with van der Waals surface area (Å²) < 4.78 is 17.1. The lowest BCUT2D eigenvalue weighted by atomic mass is 10.0. The second-order valence-electron chi connectivity index (χ2n) is 5.73. The van der Waals surface area contributed by atoms with Crippen molar-refractivity contribution < 1.29 is 19.0 Å². The summed E-state index contributed by atoms with van der Waals surface area (Å²) in [5, 5.41) is 10.7. The van der Waals surface area contributed by atoms with E-state index in [2.05, 4.69) is 19.9 Å². The van der Waals surface area contributed by atoms with Crippen molar-refractivity contribution in [3.8, 4) is 28.6 Å². The fraction of sp³-hybridized carbons (Fsp3) is 0.250. The van der Waals surface area contributed by atoms with Gasteiger partial charge in [-0.25, -0.2) is 4.42 Å². The molecule has 0 spiro atoms. The van der Waals surface area contributed by atoms with Gasteiger partial charge in [-0.1, -0.05) is 0 Å². The third-order valence-electron chi connectivity index (χ3n) is 4.11. The van der Waals surface area contributed by atoms with E-state index in [0.717, 1.165) is 27.8 Å². The molecular formula is C20H21O4+. The van der Waals surface area contributed by atoms with E-state index in [9.17, 15) is 5.11 Å². The number of phenols is 1. The quantitative estimate of drug-likeness (QED) is 0.677. The molecule has 24 heavy (non-hydrogen) atoms. The van der Waals surface area contributed by atoms with Crippen LogP contribution in [0.4, 0.5) is 0 Å². The highest BCUT2D eigenvalue weighted by molar-refractivity contribution is 5.87. The van der Waals surface area contributed by atoms with E-state index in [1.165, 1.54) is 12.7 Å². The minimum absolute atomic E-state index is 0.0959. The predicted molar refractivity (Wildman–Crippen MR) is 94.9 cm³/mol. The molecule has 0 unspecified atom stereocenters. The first-order valence-electron chi connectivity index (χ1n) is 7.91. The minimum atomic E-state index is 0.0959. The summed E-state index contributed by atoms with van der Waals surface area (Å²) in [6, 6.07) is 11.1. The number of aromatic hydroxyl groups is 1. The zero-order valence-electron chi connectivity index (χ0n) is 14.3. The molecule has 0 bridgehead atoms. The van der Waals surface area contributed by atoms with Gasteiger partial charge in [-0.05, 0) is 50.1 Å². The molecule has 0 aliphatic heterocycles. The zero-order chi connectivity index (χ0) is 17.3. The summed E-state index contributed by atoms with van der Waals surface area (Å²) in [4.78, 5) is 0. The molecule has 0 fully saturated rings. The molecule has 4 heteroatoms. The highest BCUT2D eigenvalue weighted by Gasteiger charge is 2.22. The smallest absolute Gasteiger partial charge is 0.364 e. The number of hydrogen-bond donors (Lipinski definition) is 1. The Morgan fingerprint density at radius 1 is 1.00 bits per heavy atom. The van der Waals surface area contributed by atoms with Crippen LogP contribution in [0, 0.1) is 13.8 Å². The highest BCUT2D eigenvalue weighted by Crippen LogP contribution is 2.37. The Morgan fingerprint density at radius 3 is 2.46 bits per heavy atom. The van der Waals surface area contributed by atoms with Crippen molar-refractivity contribution in [3.05, 3.63) is 47.5 Å². The van der Waals surface area contributed by atoms with Crippen LogP contribution in [0.2, 0.25) is 0 Å². The minimum Gasteiger partial charge on any atom is -0.504 e. The Bertz CT molecular complexity index is 900. The molecule has 1 N–H and O–H groups in total. The Hall–Kier alpha value is -2.75. The number of ether oxygens (including phenoxy) is 2. The largest absolute Gasteiger partial charge is 0.504 e.